The number of benzene rings is 1. The zero-order valence-corrected chi connectivity index (χ0v) is 13.4. The molecule has 0 spiro atoms. The molecule has 0 aromatic heterocycles. The van der Waals surface area contributed by atoms with Gasteiger partial charge in [-0.25, -0.2) is 12.7 Å². The van der Waals surface area contributed by atoms with Crippen LogP contribution in [-0.2, 0) is 16.4 Å². The molecule has 0 saturated carbocycles. The van der Waals surface area contributed by atoms with Crippen molar-refractivity contribution in [2.24, 2.45) is 0 Å². The molecule has 0 aliphatic carbocycles. The maximum Gasteiger partial charge on any atom is 0.214 e. The average molecular weight is 300 g/mol. The lowest BCUT2D eigenvalue weighted by atomic mass is 10.1. The van der Waals surface area contributed by atoms with Gasteiger partial charge < -0.3 is 10.1 Å². The third kappa shape index (κ3) is 5.48. The molecule has 0 saturated heterocycles. The topological polar surface area (TPSA) is 58.6 Å². The lowest BCUT2D eigenvalue weighted by molar-refractivity contribution is 0.414. The van der Waals surface area contributed by atoms with Gasteiger partial charge in [-0.05, 0) is 31.0 Å². The van der Waals surface area contributed by atoms with E-state index in [9.17, 15) is 8.42 Å². The normalized spacial score (nSPS) is 13.4. The highest BCUT2D eigenvalue weighted by Crippen LogP contribution is 2.12. The van der Waals surface area contributed by atoms with E-state index in [1.807, 2.05) is 31.2 Å². The van der Waals surface area contributed by atoms with Gasteiger partial charge in [-0.15, -0.1) is 0 Å². The summed E-state index contributed by atoms with van der Waals surface area (Å²) in [5.74, 6) is 0.957. The predicted molar refractivity (Wildman–Crippen MR) is 81.6 cm³/mol. The summed E-state index contributed by atoms with van der Waals surface area (Å²) in [5, 5.41) is 3.23. The molecule has 6 heteroatoms. The molecule has 1 aromatic carbocycles. The molecule has 5 nitrogen and oxygen atoms in total. The number of nitrogens with zero attached hydrogens (tertiary/aromatic N) is 1. The molecular formula is C14H24N2O3S. The minimum Gasteiger partial charge on any atom is -0.497 e. The Balaban J connectivity index is 2.38. The molecule has 1 rings (SSSR count). The number of methoxy groups -OCH3 is 1. The Morgan fingerprint density at radius 1 is 1.25 bits per heavy atom. The molecule has 0 aliphatic rings. The third-order valence-electron chi connectivity index (χ3n) is 3.11. The van der Waals surface area contributed by atoms with Crippen molar-refractivity contribution in [1.29, 1.82) is 0 Å². The Kier molecular flexibility index (Phi) is 6.45. The molecule has 1 atom stereocenters. The number of hydrogen-bond acceptors (Lipinski definition) is 4. The highest BCUT2D eigenvalue weighted by molar-refractivity contribution is 7.89. The van der Waals surface area contributed by atoms with E-state index in [1.54, 1.807) is 21.2 Å². The van der Waals surface area contributed by atoms with Crippen LogP contribution in [-0.4, -0.2) is 52.3 Å². The molecule has 0 radical (unpaired) electrons. The molecule has 20 heavy (non-hydrogen) atoms. The Hall–Kier alpha value is -1.11. The van der Waals surface area contributed by atoms with Crippen molar-refractivity contribution in [2.75, 3.05) is 33.5 Å². The van der Waals surface area contributed by atoms with Crippen LogP contribution in [0.2, 0.25) is 0 Å². The van der Waals surface area contributed by atoms with Gasteiger partial charge in [0.1, 0.15) is 5.75 Å². The van der Waals surface area contributed by atoms with Crippen molar-refractivity contribution in [3.63, 3.8) is 0 Å². The molecule has 0 amide bonds. The number of nitrogens with one attached hydrogen (secondary N) is 1. The van der Waals surface area contributed by atoms with Crippen LogP contribution < -0.4 is 10.1 Å². The van der Waals surface area contributed by atoms with E-state index >= 15 is 0 Å². The standard InChI is InChI=1S/C14H24N2O3S/c1-12(15-9-10-20(17,18)16(2)3)11-13-5-7-14(19-4)8-6-13/h5-8,12,15H,9-11H2,1-4H3. The average Bonchev–Trinajstić information content (AvgIpc) is 2.39. The predicted octanol–water partition coefficient (Wildman–Crippen LogP) is 1.11. The monoisotopic (exact) mass is 300 g/mol. The summed E-state index contributed by atoms with van der Waals surface area (Å²) in [4.78, 5) is 0. The van der Waals surface area contributed by atoms with E-state index < -0.39 is 10.0 Å². The zero-order chi connectivity index (χ0) is 15.2. The van der Waals surface area contributed by atoms with E-state index in [0.717, 1.165) is 12.2 Å². The Labute approximate surface area is 122 Å². The van der Waals surface area contributed by atoms with Gasteiger partial charge in [0.15, 0.2) is 0 Å². The first-order valence-electron chi connectivity index (χ1n) is 6.61. The first-order valence-corrected chi connectivity index (χ1v) is 8.22. The Bertz CT molecular complexity index is 498. The first kappa shape index (κ1) is 16.9. The summed E-state index contributed by atoms with van der Waals surface area (Å²) in [6, 6.07) is 8.12. The largest absolute Gasteiger partial charge is 0.497 e. The van der Waals surface area contributed by atoms with Gasteiger partial charge in [-0.2, -0.15) is 0 Å². The zero-order valence-electron chi connectivity index (χ0n) is 12.6. The highest BCUT2D eigenvalue weighted by Gasteiger charge is 2.13. The van der Waals surface area contributed by atoms with E-state index in [-0.39, 0.29) is 11.8 Å². The fourth-order valence-electron chi connectivity index (χ4n) is 1.80. The highest BCUT2D eigenvalue weighted by atomic mass is 32.2. The van der Waals surface area contributed by atoms with Crippen molar-refractivity contribution in [1.82, 2.24) is 9.62 Å². The summed E-state index contributed by atoms with van der Waals surface area (Å²) in [6.07, 6.45) is 0.853. The van der Waals surface area contributed by atoms with Crippen LogP contribution in [0.15, 0.2) is 24.3 Å². The first-order chi connectivity index (χ1) is 9.35. The second-order valence-electron chi connectivity index (χ2n) is 5.01. The molecule has 114 valence electrons. The van der Waals surface area contributed by atoms with Crippen molar-refractivity contribution < 1.29 is 13.2 Å². The van der Waals surface area contributed by atoms with Gasteiger partial charge in [0.05, 0.1) is 12.9 Å². The second kappa shape index (κ2) is 7.61. The van der Waals surface area contributed by atoms with Gasteiger partial charge in [-0.3, -0.25) is 0 Å². The number of ether oxygens (including phenoxy) is 1. The van der Waals surface area contributed by atoms with Crippen LogP contribution in [0.25, 0.3) is 0 Å². The van der Waals surface area contributed by atoms with E-state index in [2.05, 4.69) is 5.32 Å². The summed E-state index contributed by atoms with van der Waals surface area (Å²) in [5.41, 5.74) is 1.20. The summed E-state index contributed by atoms with van der Waals surface area (Å²) >= 11 is 0. The molecule has 0 bridgehead atoms. The Morgan fingerprint density at radius 2 is 1.85 bits per heavy atom. The number of hydrogen-bond donors (Lipinski definition) is 1. The van der Waals surface area contributed by atoms with E-state index in [1.165, 1.54) is 9.87 Å². The maximum absolute atomic E-state index is 11.6. The molecule has 0 aliphatic heterocycles. The maximum atomic E-state index is 11.6. The summed E-state index contributed by atoms with van der Waals surface area (Å²) < 4.78 is 29.6. The molecule has 1 aromatic rings. The van der Waals surface area contributed by atoms with Gasteiger partial charge in [0, 0.05) is 26.7 Å². The van der Waals surface area contributed by atoms with Crippen LogP contribution in [0.1, 0.15) is 12.5 Å². The van der Waals surface area contributed by atoms with Crippen LogP contribution in [0.5, 0.6) is 5.75 Å². The molecule has 0 heterocycles. The van der Waals surface area contributed by atoms with Crippen LogP contribution in [0.4, 0.5) is 0 Å². The lowest BCUT2D eigenvalue weighted by Gasteiger charge is -2.16. The quantitative estimate of drug-likeness (QED) is 0.781. The van der Waals surface area contributed by atoms with Crippen LogP contribution in [0, 0.1) is 0 Å². The fourth-order valence-corrected chi connectivity index (χ4v) is 2.55. The molecular weight excluding hydrogens is 276 g/mol. The number of rotatable bonds is 8. The summed E-state index contributed by atoms with van der Waals surface area (Å²) in [7, 11) is 1.63. The number of sulfonamides is 1. The lowest BCUT2D eigenvalue weighted by Crippen LogP contribution is -2.35. The Morgan fingerprint density at radius 3 is 2.35 bits per heavy atom. The van der Waals surface area contributed by atoms with Crippen LogP contribution >= 0.6 is 0 Å². The minimum absolute atomic E-state index is 0.118. The second-order valence-corrected chi connectivity index (χ2v) is 7.31. The van der Waals surface area contributed by atoms with Gasteiger partial charge in [-0.1, -0.05) is 12.1 Å². The fraction of sp³-hybridized carbons (Fsp3) is 0.571. The minimum atomic E-state index is -3.12. The van der Waals surface area contributed by atoms with E-state index in [4.69, 9.17) is 4.74 Å². The smallest absolute Gasteiger partial charge is 0.214 e. The molecule has 1 N–H and O–H groups in total. The van der Waals surface area contributed by atoms with E-state index in [0.29, 0.717) is 6.54 Å². The summed E-state index contributed by atoms with van der Waals surface area (Å²) in [6.45, 7) is 2.50. The third-order valence-corrected chi connectivity index (χ3v) is 4.94. The van der Waals surface area contributed by atoms with Crippen molar-refractivity contribution in [3.8, 4) is 5.75 Å². The van der Waals surface area contributed by atoms with Crippen molar-refractivity contribution >= 4 is 10.0 Å². The van der Waals surface area contributed by atoms with Gasteiger partial charge in [0.25, 0.3) is 0 Å². The van der Waals surface area contributed by atoms with Crippen LogP contribution in [0.3, 0.4) is 0 Å². The van der Waals surface area contributed by atoms with Crippen molar-refractivity contribution in [3.05, 3.63) is 29.8 Å². The molecule has 0 fully saturated rings. The van der Waals surface area contributed by atoms with Gasteiger partial charge >= 0.3 is 0 Å². The SMILES string of the molecule is COc1ccc(CC(C)NCCS(=O)(=O)N(C)C)cc1. The van der Waals surface area contributed by atoms with Crippen molar-refractivity contribution in [2.45, 2.75) is 19.4 Å². The molecule has 1 unspecified atom stereocenters. The van der Waals surface area contributed by atoms with Gasteiger partial charge in [0.2, 0.25) is 10.0 Å².